The smallest absolute Gasteiger partial charge is 0.0331 e. The van der Waals surface area contributed by atoms with Crippen molar-refractivity contribution < 1.29 is 0 Å². The Morgan fingerprint density at radius 3 is 3.57 bits per heavy atom. The zero-order valence-electron chi connectivity index (χ0n) is 4.15. The second-order valence-corrected chi connectivity index (χ2v) is 1.42. The van der Waals surface area contributed by atoms with Crippen LogP contribution in [0.15, 0.2) is 18.4 Å². The average Bonchev–Trinajstić information content (AvgIpc) is 1.90. The van der Waals surface area contributed by atoms with Crippen molar-refractivity contribution in [1.29, 1.82) is 0 Å². The van der Waals surface area contributed by atoms with E-state index in [4.69, 9.17) is 0 Å². The van der Waals surface area contributed by atoms with Gasteiger partial charge in [0.25, 0.3) is 0 Å². The fourth-order valence-electron chi connectivity index (χ4n) is 0.493. The molecule has 1 N–H and O–H groups in total. The quantitative estimate of drug-likeness (QED) is 0.469. The molecule has 1 nitrogen and oxygen atoms in total. The Hall–Kier alpha value is -0.720. The fourth-order valence-corrected chi connectivity index (χ4v) is 0.493. The first-order valence-corrected chi connectivity index (χ1v) is 2.43. The van der Waals surface area contributed by atoms with Crippen LogP contribution in [0.4, 0.5) is 0 Å². The molecule has 0 aromatic rings. The summed E-state index contributed by atoms with van der Waals surface area (Å²) in [6.07, 6.45) is 10.0. The van der Waals surface area contributed by atoms with Crippen molar-refractivity contribution in [2.75, 3.05) is 6.54 Å². The van der Waals surface area contributed by atoms with E-state index in [2.05, 4.69) is 11.4 Å². The Bertz CT molecular complexity index is 80.4. The molecule has 1 heteroatoms. The summed E-state index contributed by atoms with van der Waals surface area (Å²) in [5.74, 6) is 0. The molecule has 0 unspecified atom stereocenters. The van der Waals surface area contributed by atoms with Crippen molar-refractivity contribution in [3.8, 4) is 0 Å². The summed E-state index contributed by atoms with van der Waals surface area (Å²) < 4.78 is 0. The molecule has 0 spiro atoms. The molecule has 1 aliphatic rings. The molecule has 0 aromatic carbocycles. The maximum absolute atomic E-state index is 3.07. The number of nitrogens with one attached hydrogen (secondary N) is 1. The average molecular weight is 94.1 g/mol. The maximum Gasteiger partial charge on any atom is 0.0331 e. The molecule has 0 bridgehead atoms. The summed E-state index contributed by atoms with van der Waals surface area (Å²) in [5.41, 5.74) is 0. The molecule has 0 aliphatic carbocycles. The molecule has 0 saturated carbocycles. The highest BCUT2D eigenvalue weighted by molar-refractivity contribution is 4.92. The predicted octanol–water partition coefficient (Wildman–Crippen LogP) is 0.853. The molecule has 7 heavy (non-hydrogen) atoms. The molecule has 1 heterocycles. The van der Waals surface area contributed by atoms with E-state index >= 15 is 0 Å². The van der Waals surface area contributed by atoms with Crippen molar-refractivity contribution >= 4 is 0 Å². The Morgan fingerprint density at radius 2 is 2.57 bits per heavy atom. The largest absolute Gasteiger partial charge is 0.388 e. The van der Waals surface area contributed by atoms with Crippen molar-refractivity contribution in [2.24, 2.45) is 0 Å². The maximum atomic E-state index is 3.07. The predicted molar refractivity (Wildman–Crippen MR) is 29.6 cm³/mol. The van der Waals surface area contributed by atoms with E-state index in [1.54, 1.807) is 0 Å². The van der Waals surface area contributed by atoms with Crippen LogP contribution in [-0.4, -0.2) is 6.54 Å². The molecule has 0 amide bonds. The molecule has 1 aliphatic heterocycles. The molecule has 0 aromatic heterocycles. The van der Waals surface area contributed by atoms with Gasteiger partial charge in [-0.25, -0.2) is 0 Å². The van der Waals surface area contributed by atoms with Crippen LogP contribution in [0.2, 0.25) is 0 Å². The van der Waals surface area contributed by atoms with Crippen LogP contribution in [0.1, 0.15) is 6.42 Å². The van der Waals surface area contributed by atoms with Crippen LogP contribution >= 0.6 is 0 Å². The summed E-state index contributed by atoms with van der Waals surface area (Å²) in [7, 11) is 0. The van der Waals surface area contributed by atoms with E-state index in [0.717, 1.165) is 13.0 Å². The normalized spacial score (nSPS) is 18.3. The van der Waals surface area contributed by atoms with Gasteiger partial charge in [0.05, 0.1) is 0 Å². The Labute approximate surface area is 43.7 Å². The Kier molecular flexibility index (Phi) is 1.56. The van der Waals surface area contributed by atoms with E-state index in [1.807, 2.05) is 18.4 Å². The van der Waals surface area contributed by atoms with E-state index in [-0.39, 0.29) is 0 Å². The van der Waals surface area contributed by atoms with Crippen LogP contribution in [-0.2, 0) is 0 Å². The zero-order chi connectivity index (χ0) is 4.95. The summed E-state index contributed by atoms with van der Waals surface area (Å²) in [4.78, 5) is 0. The SMILES string of the molecule is [C]1=CCNC=CC1. The third-order valence-corrected chi connectivity index (χ3v) is 0.836. The molecule has 37 valence electrons. The molecule has 1 radical (unpaired) electrons. The van der Waals surface area contributed by atoms with Gasteiger partial charge in [-0.2, -0.15) is 0 Å². The topological polar surface area (TPSA) is 12.0 Å². The molecule has 0 fully saturated rings. The van der Waals surface area contributed by atoms with E-state index in [0.29, 0.717) is 0 Å². The van der Waals surface area contributed by atoms with Crippen LogP contribution in [0.5, 0.6) is 0 Å². The van der Waals surface area contributed by atoms with Gasteiger partial charge >= 0.3 is 0 Å². The molecule has 0 saturated heterocycles. The third kappa shape index (κ3) is 1.44. The Morgan fingerprint density at radius 1 is 1.57 bits per heavy atom. The highest BCUT2D eigenvalue weighted by Crippen LogP contribution is 1.85. The third-order valence-electron chi connectivity index (χ3n) is 0.836. The van der Waals surface area contributed by atoms with E-state index in [9.17, 15) is 0 Å². The number of hydrogen-bond donors (Lipinski definition) is 1. The van der Waals surface area contributed by atoms with Crippen molar-refractivity contribution in [1.82, 2.24) is 5.32 Å². The lowest BCUT2D eigenvalue weighted by Gasteiger charge is -1.85. The fraction of sp³-hybridized carbons (Fsp3) is 0.333. The van der Waals surface area contributed by atoms with Gasteiger partial charge in [0.1, 0.15) is 0 Å². The van der Waals surface area contributed by atoms with Gasteiger partial charge in [-0.05, 0) is 18.7 Å². The summed E-state index contributed by atoms with van der Waals surface area (Å²) in [6.45, 7) is 0.927. The van der Waals surface area contributed by atoms with Crippen LogP contribution in [0.3, 0.4) is 0 Å². The lowest BCUT2D eigenvalue weighted by atomic mass is 10.4. The van der Waals surface area contributed by atoms with Crippen LogP contribution < -0.4 is 5.32 Å². The summed E-state index contributed by atoms with van der Waals surface area (Å²) in [5, 5.41) is 3.05. The van der Waals surface area contributed by atoms with Crippen LogP contribution in [0, 0.1) is 6.08 Å². The summed E-state index contributed by atoms with van der Waals surface area (Å²) >= 11 is 0. The molecular formula is C6H8N. The van der Waals surface area contributed by atoms with Crippen LogP contribution in [0.25, 0.3) is 0 Å². The van der Waals surface area contributed by atoms with Crippen molar-refractivity contribution in [3.63, 3.8) is 0 Å². The monoisotopic (exact) mass is 94.1 g/mol. The first-order chi connectivity index (χ1) is 3.50. The standard InChI is InChI=1S/C6H8N/c1-2-4-6-7-5-3-1/h3-5,7H,1,6H2. The zero-order valence-corrected chi connectivity index (χ0v) is 4.15. The van der Waals surface area contributed by atoms with Gasteiger partial charge in [0.15, 0.2) is 0 Å². The number of rotatable bonds is 0. The van der Waals surface area contributed by atoms with Gasteiger partial charge in [0.2, 0.25) is 0 Å². The first kappa shape index (κ1) is 4.44. The lowest BCUT2D eigenvalue weighted by molar-refractivity contribution is 0.990. The van der Waals surface area contributed by atoms with Crippen molar-refractivity contribution in [2.45, 2.75) is 6.42 Å². The van der Waals surface area contributed by atoms with Gasteiger partial charge in [0, 0.05) is 6.54 Å². The Balaban J connectivity index is 2.38. The second-order valence-electron chi connectivity index (χ2n) is 1.42. The highest BCUT2D eigenvalue weighted by Gasteiger charge is 1.77. The molecular weight excluding hydrogens is 86.1 g/mol. The highest BCUT2D eigenvalue weighted by atomic mass is 14.8. The minimum atomic E-state index is 0.927. The van der Waals surface area contributed by atoms with Gasteiger partial charge in [-0.1, -0.05) is 12.2 Å². The molecule has 1 rings (SSSR count). The minimum absolute atomic E-state index is 0.927. The van der Waals surface area contributed by atoms with Gasteiger partial charge in [-0.3, -0.25) is 0 Å². The van der Waals surface area contributed by atoms with Gasteiger partial charge in [-0.15, -0.1) is 0 Å². The van der Waals surface area contributed by atoms with Gasteiger partial charge < -0.3 is 5.32 Å². The summed E-state index contributed by atoms with van der Waals surface area (Å²) in [6, 6.07) is 0. The van der Waals surface area contributed by atoms with Crippen molar-refractivity contribution in [3.05, 3.63) is 24.4 Å². The number of allylic oxidation sites excluding steroid dienone is 2. The molecule has 0 atom stereocenters. The minimum Gasteiger partial charge on any atom is -0.388 e. The second kappa shape index (κ2) is 2.45. The first-order valence-electron chi connectivity index (χ1n) is 2.43. The van der Waals surface area contributed by atoms with E-state index < -0.39 is 0 Å². The lowest BCUT2D eigenvalue weighted by Crippen LogP contribution is -2.01. The number of hydrogen-bond acceptors (Lipinski definition) is 1. The van der Waals surface area contributed by atoms with E-state index in [1.165, 1.54) is 0 Å².